The van der Waals surface area contributed by atoms with Gasteiger partial charge in [-0.1, -0.05) is 13.8 Å². The molecule has 16 heavy (non-hydrogen) atoms. The van der Waals surface area contributed by atoms with Gasteiger partial charge >= 0.3 is 5.97 Å². The second kappa shape index (κ2) is 5.84. The van der Waals surface area contributed by atoms with Crippen molar-refractivity contribution >= 4 is 11.9 Å². The van der Waals surface area contributed by atoms with Gasteiger partial charge in [-0.3, -0.25) is 14.5 Å². The van der Waals surface area contributed by atoms with E-state index in [-0.39, 0.29) is 19.0 Å². The summed E-state index contributed by atoms with van der Waals surface area (Å²) in [5.74, 6) is -0.325. The van der Waals surface area contributed by atoms with Gasteiger partial charge in [0.15, 0.2) is 0 Å². The molecule has 1 amide bonds. The SMILES string of the molecule is CC(C)CCCN1CC(=O)NCC1C(=O)O. The Morgan fingerprint density at radius 1 is 1.62 bits per heavy atom. The highest BCUT2D eigenvalue weighted by atomic mass is 16.4. The average Bonchev–Trinajstić information content (AvgIpc) is 2.16. The van der Waals surface area contributed by atoms with Gasteiger partial charge in [0.1, 0.15) is 6.04 Å². The first kappa shape index (κ1) is 13.0. The van der Waals surface area contributed by atoms with Crippen LogP contribution in [-0.4, -0.2) is 47.6 Å². The average molecular weight is 228 g/mol. The van der Waals surface area contributed by atoms with Crippen LogP contribution in [0, 0.1) is 5.92 Å². The molecule has 0 saturated carbocycles. The Balaban J connectivity index is 2.45. The standard InChI is InChI=1S/C11H20N2O3/c1-8(2)4-3-5-13-7-10(14)12-6-9(13)11(15)16/h8-9H,3-7H2,1-2H3,(H,12,14)(H,15,16). The Hall–Kier alpha value is -1.10. The Labute approximate surface area is 95.8 Å². The van der Waals surface area contributed by atoms with Gasteiger partial charge in [0.05, 0.1) is 6.54 Å². The van der Waals surface area contributed by atoms with E-state index in [1.807, 2.05) is 0 Å². The zero-order valence-corrected chi connectivity index (χ0v) is 9.90. The normalized spacial score (nSPS) is 22.2. The molecule has 1 aliphatic rings. The molecule has 0 spiro atoms. The van der Waals surface area contributed by atoms with E-state index < -0.39 is 12.0 Å². The zero-order valence-electron chi connectivity index (χ0n) is 9.90. The van der Waals surface area contributed by atoms with Crippen LogP contribution < -0.4 is 5.32 Å². The number of amides is 1. The molecule has 5 heteroatoms. The summed E-state index contributed by atoms with van der Waals surface area (Å²) in [5, 5.41) is 11.6. The lowest BCUT2D eigenvalue weighted by Gasteiger charge is -2.32. The summed E-state index contributed by atoms with van der Waals surface area (Å²) in [5.41, 5.74) is 0. The van der Waals surface area contributed by atoms with E-state index in [1.54, 1.807) is 4.90 Å². The molecule has 1 atom stereocenters. The Bertz CT molecular complexity index is 266. The third-order valence-electron chi connectivity index (χ3n) is 2.79. The molecule has 0 aromatic carbocycles. The molecule has 1 heterocycles. The Morgan fingerprint density at radius 3 is 2.88 bits per heavy atom. The third-order valence-corrected chi connectivity index (χ3v) is 2.79. The molecule has 1 rings (SSSR count). The molecular formula is C11H20N2O3. The molecule has 92 valence electrons. The summed E-state index contributed by atoms with van der Waals surface area (Å²) < 4.78 is 0. The summed E-state index contributed by atoms with van der Waals surface area (Å²) in [7, 11) is 0. The topological polar surface area (TPSA) is 69.6 Å². The molecule has 1 fully saturated rings. The number of hydrogen-bond acceptors (Lipinski definition) is 3. The minimum absolute atomic E-state index is 0.0814. The van der Waals surface area contributed by atoms with Crippen LogP contribution in [0.3, 0.4) is 0 Å². The van der Waals surface area contributed by atoms with Crippen LogP contribution in [0.25, 0.3) is 0 Å². The summed E-state index contributed by atoms with van der Waals surface area (Å²) in [6.07, 6.45) is 2.00. The second-order valence-electron chi connectivity index (χ2n) is 4.66. The van der Waals surface area contributed by atoms with Gasteiger partial charge in [-0.25, -0.2) is 0 Å². The first-order valence-electron chi connectivity index (χ1n) is 5.74. The van der Waals surface area contributed by atoms with E-state index in [4.69, 9.17) is 5.11 Å². The van der Waals surface area contributed by atoms with Crippen molar-refractivity contribution in [1.29, 1.82) is 0 Å². The number of nitrogens with one attached hydrogen (secondary N) is 1. The molecule has 0 radical (unpaired) electrons. The van der Waals surface area contributed by atoms with Gasteiger partial charge in [0.2, 0.25) is 5.91 Å². The fraction of sp³-hybridized carbons (Fsp3) is 0.818. The van der Waals surface area contributed by atoms with Gasteiger partial charge < -0.3 is 10.4 Å². The fourth-order valence-corrected chi connectivity index (χ4v) is 1.87. The monoisotopic (exact) mass is 228 g/mol. The lowest BCUT2D eigenvalue weighted by atomic mass is 10.1. The lowest BCUT2D eigenvalue weighted by molar-refractivity contribution is -0.146. The van der Waals surface area contributed by atoms with Gasteiger partial charge in [0.25, 0.3) is 0 Å². The summed E-state index contributed by atoms with van der Waals surface area (Å²) in [6.45, 7) is 5.38. The van der Waals surface area contributed by atoms with Crippen LogP contribution >= 0.6 is 0 Å². The smallest absolute Gasteiger partial charge is 0.322 e. The van der Waals surface area contributed by atoms with Crippen LogP contribution in [0.2, 0.25) is 0 Å². The molecule has 0 aromatic heterocycles. The number of carbonyl (C=O) groups is 2. The number of aliphatic carboxylic acids is 1. The van der Waals surface area contributed by atoms with E-state index in [1.165, 1.54) is 0 Å². The molecule has 1 saturated heterocycles. The molecule has 2 N–H and O–H groups in total. The number of hydrogen-bond donors (Lipinski definition) is 2. The maximum Gasteiger partial charge on any atom is 0.322 e. The van der Waals surface area contributed by atoms with Crippen molar-refractivity contribution in [2.24, 2.45) is 5.92 Å². The van der Waals surface area contributed by atoms with E-state index in [0.717, 1.165) is 12.8 Å². The number of piperazine rings is 1. The maximum atomic E-state index is 11.2. The van der Waals surface area contributed by atoms with Crippen LogP contribution in [-0.2, 0) is 9.59 Å². The van der Waals surface area contributed by atoms with Crippen molar-refractivity contribution in [3.8, 4) is 0 Å². The number of carboxylic acid groups (broad SMARTS) is 1. The number of rotatable bonds is 5. The van der Waals surface area contributed by atoms with Crippen LogP contribution in [0.15, 0.2) is 0 Å². The number of carboxylic acids is 1. The first-order chi connectivity index (χ1) is 7.50. The summed E-state index contributed by atoms with van der Waals surface area (Å²) in [6, 6.07) is -0.565. The van der Waals surface area contributed by atoms with Crippen molar-refractivity contribution in [2.45, 2.75) is 32.7 Å². The van der Waals surface area contributed by atoms with Crippen molar-refractivity contribution < 1.29 is 14.7 Å². The first-order valence-corrected chi connectivity index (χ1v) is 5.74. The summed E-state index contributed by atoms with van der Waals surface area (Å²) >= 11 is 0. The fourth-order valence-electron chi connectivity index (χ4n) is 1.87. The highest BCUT2D eigenvalue weighted by Gasteiger charge is 2.31. The minimum atomic E-state index is -0.857. The molecule has 5 nitrogen and oxygen atoms in total. The zero-order chi connectivity index (χ0) is 12.1. The van der Waals surface area contributed by atoms with Crippen molar-refractivity contribution in [2.75, 3.05) is 19.6 Å². The van der Waals surface area contributed by atoms with Gasteiger partial charge in [-0.05, 0) is 25.3 Å². The highest BCUT2D eigenvalue weighted by molar-refractivity contribution is 5.83. The van der Waals surface area contributed by atoms with E-state index in [9.17, 15) is 9.59 Å². The van der Waals surface area contributed by atoms with Crippen molar-refractivity contribution in [3.63, 3.8) is 0 Å². The third kappa shape index (κ3) is 3.81. The predicted molar refractivity (Wildman–Crippen MR) is 60.1 cm³/mol. The molecule has 1 unspecified atom stereocenters. The summed E-state index contributed by atoms with van der Waals surface area (Å²) in [4.78, 5) is 23.9. The molecule has 0 aromatic rings. The predicted octanol–water partition coefficient (Wildman–Crippen LogP) is 0.308. The van der Waals surface area contributed by atoms with Gasteiger partial charge in [-0.2, -0.15) is 0 Å². The largest absolute Gasteiger partial charge is 0.480 e. The van der Waals surface area contributed by atoms with E-state index in [2.05, 4.69) is 19.2 Å². The quantitative estimate of drug-likeness (QED) is 0.710. The number of nitrogens with zero attached hydrogens (tertiary/aromatic N) is 1. The van der Waals surface area contributed by atoms with E-state index in [0.29, 0.717) is 12.5 Å². The van der Waals surface area contributed by atoms with Crippen LogP contribution in [0.5, 0.6) is 0 Å². The maximum absolute atomic E-state index is 11.2. The van der Waals surface area contributed by atoms with Crippen LogP contribution in [0.1, 0.15) is 26.7 Å². The molecule has 0 aliphatic carbocycles. The van der Waals surface area contributed by atoms with Gasteiger partial charge in [-0.15, -0.1) is 0 Å². The van der Waals surface area contributed by atoms with E-state index >= 15 is 0 Å². The van der Waals surface area contributed by atoms with Gasteiger partial charge in [0, 0.05) is 6.54 Å². The number of carbonyl (C=O) groups excluding carboxylic acids is 1. The second-order valence-corrected chi connectivity index (χ2v) is 4.66. The van der Waals surface area contributed by atoms with Crippen molar-refractivity contribution in [3.05, 3.63) is 0 Å². The minimum Gasteiger partial charge on any atom is -0.480 e. The highest BCUT2D eigenvalue weighted by Crippen LogP contribution is 2.09. The van der Waals surface area contributed by atoms with Crippen molar-refractivity contribution in [1.82, 2.24) is 10.2 Å². The lowest BCUT2D eigenvalue weighted by Crippen LogP contribution is -2.57. The Morgan fingerprint density at radius 2 is 2.31 bits per heavy atom. The molecule has 0 bridgehead atoms. The Kier molecular flexibility index (Phi) is 4.73. The van der Waals surface area contributed by atoms with Crippen LogP contribution in [0.4, 0.5) is 0 Å². The molecule has 1 aliphatic heterocycles. The molecular weight excluding hydrogens is 208 g/mol.